The number of rotatable bonds is 5. The Morgan fingerprint density at radius 1 is 1.23 bits per heavy atom. The van der Waals surface area contributed by atoms with Crippen LogP contribution < -0.4 is 20.5 Å². The largest absolute Gasteiger partial charge is 0.488 e. The van der Waals surface area contributed by atoms with Gasteiger partial charge in [0.15, 0.2) is 5.82 Å². The van der Waals surface area contributed by atoms with Gasteiger partial charge in [0.1, 0.15) is 17.1 Å². The van der Waals surface area contributed by atoms with Gasteiger partial charge < -0.3 is 20.5 Å². The van der Waals surface area contributed by atoms with Crippen LogP contribution >= 0.6 is 0 Å². The van der Waals surface area contributed by atoms with Crippen LogP contribution in [0.25, 0.3) is 5.57 Å². The minimum atomic E-state index is -0.379. The van der Waals surface area contributed by atoms with E-state index in [1.807, 2.05) is 12.1 Å². The van der Waals surface area contributed by atoms with Gasteiger partial charge in [-0.05, 0) is 51.7 Å². The van der Waals surface area contributed by atoms with Crippen molar-refractivity contribution in [2.24, 2.45) is 5.73 Å². The zero-order valence-electron chi connectivity index (χ0n) is 17.5. The highest BCUT2D eigenvalue weighted by atomic mass is 16.5. The Morgan fingerprint density at radius 2 is 1.97 bits per heavy atom. The molecule has 0 bridgehead atoms. The molecule has 3 N–H and O–H groups in total. The summed E-state index contributed by atoms with van der Waals surface area (Å²) in [6.07, 6.45) is 10.9. The summed E-state index contributed by atoms with van der Waals surface area (Å²) in [5.74, 6) is 1.33. The van der Waals surface area contributed by atoms with Crippen molar-refractivity contribution in [2.75, 3.05) is 5.32 Å². The van der Waals surface area contributed by atoms with E-state index in [2.05, 4.69) is 29.1 Å². The number of hydrogen-bond acceptors (Lipinski definition) is 6. The van der Waals surface area contributed by atoms with Gasteiger partial charge in [-0.25, -0.2) is 9.97 Å². The van der Waals surface area contributed by atoms with Crippen LogP contribution in [0.3, 0.4) is 0 Å². The van der Waals surface area contributed by atoms with Crippen molar-refractivity contribution >= 4 is 17.2 Å². The second-order valence-corrected chi connectivity index (χ2v) is 8.48. The molecule has 2 aromatic rings. The van der Waals surface area contributed by atoms with Crippen LogP contribution in [0, 0.1) is 0 Å². The van der Waals surface area contributed by atoms with Crippen LogP contribution in [0.4, 0.5) is 5.69 Å². The highest BCUT2D eigenvalue weighted by molar-refractivity contribution is 6.24. The summed E-state index contributed by atoms with van der Waals surface area (Å²) in [6.45, 7) is 4.10. The number of anilines is 1. The molecule has 7 nitrogen and oxygen atoms in total. The Hall–Kier alpha value is -3.09. The van der Waals surface area contributed by atoms with E-state index in [0.29, 0.717) is 11.4 Å². The van der Waals surface area contributed by atoms with Gasteiger partial charge in [0.2, 0.25) is 0 Å². The zero-order chi connectivity index (χ0) is 21.1. The Morgan fingerprint density at radius 3 is 2.67 bits per heavy atom. The Labute approximate surface area is 176 Å². The van der Waals surface area contributed by atoms with Crippen molar-refractivity contribution in [3.63, 3.8) is 0 Å². The molecular weight excluding hydrogens is 380 g/mol. The molecule has 0 radical (unpaired) electrons. The first-order valence-electron chi connectivity index (χ1n) is 10.5. The lowest BCUT2D eigenvalue weighted by Crippen LogP contribution is -2.24. The summed E-state index contributed by atoms with van der Waals surface area (Å²) >= 11 is 0. The van der Waals surface area contributed by atoms with Gasteiger partial charge in [-0.2, -0.15) is 0 Å². The Balaban J connectivity index is 1.63. The van der Waals surface area contributed by atoms with Crippen LogP contribution in [0.15, 0.2) is 36.8 Å². The van der Waals surface area contributed by atoms with Crippen molar-refractivity contribution in [1.82, 2.24) is 9.97 Å². The molecule has 158 valence electrons. The first-order valence-corrected chi connectivity index (χ1v) is 10.5. The fraction of sp³-hybridized carbons (Fsp3) is 0.435. The predicted octanol–water partition coefficient (Wildman–Crippen LogP) is 3.84. The second kappa shape index (κ2) is 8.34. The number of carbonyl (C=O) groups is 1. The van der Waals surface area contributed by atoms with Crippen molar-refractivity contribution in [2.45, 2.75) is 64.1 Å². The van der Waals surface area contributed by atoms with Crippen LogP contribution in [-0.4, -0.2) is 27.6 Å². The van der Waals surface area contributed by atoms with Gasteiger partial charge in [0.05, 0.1) is 17.4 Å². The lowest BCUT2D eigenvalue weighted by Gasteiger charge is -2.25. The number of aromatic nitrogens is 2. The zero-order valence-corrected chi connectivity index (χ0v) is 17.5. The van der Waals surface area contributed by atoms with Gasteiger partial charge in [-0.3, -0.25) is 4.79 Å². The number of hydrogen-bond donors (Lipinski definition) is 2. The van der Waals surface area contributed by atoms with Gasteiger partial charge in [0.25, 0.3) is 5.91 Å². The highest BCUT2D eigenvalue weighted by Gasteiger charge is 2.32. The lowest BCUT2D eigenvalue weighted by molar-refractivity contribution is -0.111. The first-order chi connectivity index (χ1) is 14.4. The molecule has 7 heteroatoms. The number of carbonyl (C=O) groups excluding carboxylic acids is 1. The van der Waals surface area contributed by atoms with Crippen LogP contribution in [0.1, 0.15) is 57.3 Å². The molecule has 2 aliphatic rings. The number of nitrogens with zero attached hydrogens (tertiary/aromatic N) is 2. The molecule has 1 saturated carbocycles. The smallest absolute Gasteiger partial charge is 0.261 e. The first kappa shape index (κ1) is 20.2. The predicted molar refractivity (Wildman–Crippen MR) is 115 cm³/mol. The van der Waals surface area contributed by atoms with E-state index in [9.17, 15) is 4.79 Å². The fourth-order valence-corrected chi connectivity index (χ4v) is 4.07. The molecule has 2 heterocycles. The molecule has 0 atom stereocenters. The lowest BCUT2D eigenvalue weighted by atomic mass is 9.97. The van der Waals surface area contributed by atoms with Crippen molar-refractivity contribution in [3.05, 3.63) is 48.2 Å². The summed E-state index contributed by atoms with van der Waals surface area (Å²) in [5.41, 5.74) is 7.29. The molecular formula is C23H28N4O3. The van der Waals surface area contributed by atoms with Crippen molar-refractivity contribution < 1.29 is 14.3 Å². The van der Waals surface area contributed by atoms with E-state index in [4.69, 9.17) is 15.2 Å². The number of nitrogens with one attached hydrogen (secondary N) is 1. The molecule has 1 aromatic heterocycles. The summed E-state index contributed by atoms with van der Waals surface area (Å²) in [5, 5.41) is 2.96. The molecule has 1 aliphatic heterocycles. The maximum Gasteiger partial charge on any atom is 0.261 e. The number of nitrogens with two attached hydrogens (primary N) is 1. The number of benzene rings is 1. The van der Waals surface area contributed by atoms with E-state index >= 15 is 0 Å². The minimum Gasteiger partial charge on any atom is -0.488 e. The number of amides is 1. The summed E-state index contributed by atoms with van der Waals surface area (Å²) in [7, 11) is 0. The molecule has 1 aliphatic carbocycles. The molecule has 1 fully saturated rings. The maximum absolute atomic E-state index is 13.0. The topological polar surface area (TPSA) is 99.4 Å². The maximum atomic E-state index is 13.0. The quantitative estimate of drug-likeness (QED) is 0.729. The van der Waals surface area contributed by atoms with E-state index < -0.39 is 0 Å². The van der Waals surface area contributed by atoms with Crippen molar-refractivity contribution in [1.29, 1.82) is 0 Å². The summed E-state index contributed by atoms with van der Waals surface area (Å²) < 4.78 is 12.4. The summed E-state index contributed by atoms with van der Waals surface area (Å²) in [6, 6.07) is 5.53. The van der Waals surface area contributed by atoms with E-state index in [-0.39, 0.29) is 29.0 Å². The highest BCUT2D eigenvalue weighted by Crippen LogP contribution is 2.42. The standard InChI is InChI=1S/C23H28N4O3/c1-23(2)13-15-11-18(27-22(28)17(14-24)21-25-9-6-10-26-21)20(12-19(15)30-23)29-16-7-4-3-5-8-16/h6,9-12,14,16H,3-5,7-8,13,24H2,1-2H3,(H,27,28). The Bertz CT molecular complexity index is 950. The molecule has 1 amide bonds. The SMILES string of the molecule is CC1(C)Cc2cc(NC(=O)C(=CN)c3ncccn3)c(OC3CCCCC3)cc2O1. The van der Waals surface area contributed by atoms with Crippen molar-refractivity contribution in [3.8, 4) is 11.5 Å². The molecule has 1 aromatic carbocycles. The van der Waals surface area contributed by atoms with Crippen LogP contribution in [-0.2, 0) is 11.2 Å². The fourth-order valence-electron chi connectivity index (χ4n) is 4.07. The Kier molecular flexibility index (Phi) is 5.61. The number of fused-ring (bicyclic) bond motifs is 1. The van der Waals surface area contributed by atoms with Gasteiger partial charge in [-0.1, -0.05) is 6.42 Å². The minimum absolute atomic E-state index is 0.142. The normalized spacial score (nSPS) is 18.4. The van der Waals surface area contributed by atoms with E-state index in [0.717, 1.165) is 43.4 Å². The molecule has 0 spiro atoms. The molecule has 0 unspecified atom stereocenters. The monoisotopic (exact) mass is 408 g/mol. The third kappa shape index (κ3) is 4.40. The molecule has 4 rings (SSSR count). The van der Waals surface area contributed by atoms with Crippen LogP contribution in [0.5, 0.6) is 11.5 Å². The molecule has 0 saturated heterocycles. The average Bonchev–Trinajstić information content (AvgIpc) is 3.03. The van der Waals surface area contributed by atoms with E-state index in [1.165, 1.54) is 12.6 Å². The van der Waals surface area contributed by atoms with E-state index in [1.54, 1.807) is 18.5 Å². The van der Waals surface area contributed by atoms with Gasteiger partial charge >= 0.3 is 0 Å². The second-order valence-electron chi connectivity index (χ2n) is 8.48. The number of ether oxygens (including phenoxy) is 2. The third-order valence-corrected chi connectivity index (χ3v) is 5.48. The average molecular weight is 409 g/mol. The van der Waals surface area contributed by atoms with Crippen LogP contribution in [0.2, 0.25) is 0 Å². The van der Waals surface area contributed by atoms with Gasteiger partial charge in [0, 0.05) is 36.6 Å². The molecule has 30 heavy (non-hydrogen) atoms. The third-order valence-electron chi connectivity index (χ3n) is 5.48. The van der Waals surface area contributed by atoms with Gasteiger partial charge in [-0.15, -0.1) is 0 Å². The summed E-state index contributed by atoms with van der Waals surface area (Å²) in [4.78, 5) is 21.3.